The molecular formula is C24H20BrClN4O5. The number of rotatable bonds is 8. The second-order valence-corrected chi connectivity index (χ2v) is 8.27. The normalized spacial score (nSPS) is 10.5. The number of anilines is 2. The number of benzene rings is 3. The Hall–Kier alpha value is -3.89. The third-order valence-corrected chi connectivity index (χ3v) is 5.11. The fraction of sp³-hybridized carbons (Fsp3) is 0.0833. The second kappa shape index (κ2) is 12.5. The van der Waals surface area contributed by atoms with Gasteiger partial charge in [-0.05, 0) is 66.2 Å². The molecule has 0 bridgehead atoms. The molecule has 0 aromatic heterocycles. The van der Waals surface area contributed by atoms with E-state index in [0.29, 0.717) is 33.5 Å². The van der Waals surface area contributed by atoms with E-state index in [0.717, 1.165) is 4.47 Å². The Bertz CT molecular complexity index is 1250. The van der Waals surface area contributed by atoms with Gasteiger partial charge in [-0.25, -0.2) is 5.43 Å². The number of hydrazone groups is 1. The number of nitrogens with one attached hydrogen (secondary N) is 3. The zero-order chi connectivity index (χ0) is 25.2. The van der Waals surface area contributed by atoms with Gasteiger partial charge < -0.3 is 20.1 Å². The average Bonchev–Trinajstić information content (AvgIpc) is 2.84. The summed E-state index contributed by atoms with van der Waals surface area (Å²) in [6, 6.07) is 18.4. The highest BCUT2D eigenvalue weighted by Crippen LogP contribution is 2.27. The van der Waals surface area contributed by atoms with Crippen molar-refractivity contribution in [2.24, 2.45) is 5.10 Å². The molecule has 0 atom stereocenters. The molecule has 0 aliphatic rings. The van der Waals surface area contributed by atoms with E-state index in [-0.39, 0.29) is 12.5 Å². The Labute approximate surface area is 214 Å². The maximum Gasteiger partial charge on any atom is 0.329 e. The number of nitrogens with zero attached hydrogens (tertiary/aromatic N) is 1. The average molecular weight is 560 g/mol. The van der Waals surface area contributed by atoms with Gasteiger partial charge in [0, 0.05) is 20.9 Å². The molecule has 0 saturated carbocycles. The number of amides is 3. The SMILES string of the molecule is COc1cc(/C=N\NC(=O)C(=O)Nc2cccc(Cl)c2)ccc1OCC(=O)Nc1ccc(Br)cc1. The van der Waals surface area contributed by atoms with Gasteiger partial charge in [-0.1, -0.05) is 33.6 Å². The second-order valence-electron chi connectivity index (χ2n) is 6.92. The zero-order valence-corrected chi connectivity index (χ0v) is 20.7. The van der Waals surface area contributed by atoms with E-state index in [1.807, 2.05) is 12.1 Å². The van der Waals surface area contributed by atoms with Crippen LogP contribution in [0.4, 0.5) is 11.4 Å². The Morgan fingerprint density at radius 2 is 1.71 bits per heavy atom. The van der Waals surface area contributed by atoms with Crippen LogP contribution in [0.15, 0.2) is 76.3 Å². The van der Waals surface area contributed by atoms with Crippen LogP contribution in [-0.2, 0) is 14.4 Å². The highest BCUT2D eigenvalue weighted by Gasteiger charge is 2.13. The number of methoxy groups -OCH3 is 1. The lowest BCUT2D eigenvalue weighted by Gasteiger charge is -2.11. The summed E-state index contributed by atoms with van der Waals surface area (Å²) < 4.78 is 11.8. The van der Waals surface area contributed by atoms with Gasteiger partial charge in [-0.3, -0.25) is 14.4 Å². The molecule has 3 amide bonds. The smallest absolute Gasteiger partial charge is 0.329 e. The molecule has 0 radical (unpaired) electrons. The minimum absolute atomic E-state index is 0.225. The fourth-order valence-electron chi connectivity index (χ4n) is 2.73. The molecule has 3 aromatic carbocycles. The van der Waals surface area contributed by atoms with Gasteiger partial charge >= 0.3 is 11.8 Å². The molecule has 11 heteroatoms. The van der Waals surface area contributed by atoms with Crippen LogP contribution in [0.5, 0.6) is 11.5 Å². The number of carbonyl (C=O) groups is 3. The predicted molar refractivity (Wildman–Crippen MR) is 137 cm³/mol. The molecule has 0 unspecified atom stereocenters. The van der Waals surface area contributed by atoms with Gasteiger partial charge in [0.15, 0.2) is 18.1 Å². The van der Waals surface area contributed by atoms with Gasteiger partial charge in [0.25, 0.3) is 5.91 Å². The Morgan fingerprint density at radius 1 is 0.943 bits per heavy atom. The first-order valence-corrected chi connectivity index (χ1v) is 11.3. The lowest BCUT2D eigenvalue weighted by Crippen LogP contribution is -2.32. The van der Waals surface area contributed by atoms with Gasteiger partial charge in [0.05, 0.1) is 13.3 Å². The third kappa shape index (κ3) is 8.13. The molecule has 3 aromatic rings. The van der Waals surface area contributed by atoms with Crippen LogP contribution in [0.25, 0.3) is 0 Å². The summed E-state index contributed by atoms with van der Waals surface area (Å²) in [6.45, 7) is -0.225. The molecule has 0 spiro atoms. The van der Waals surface area contributed by atoms with Crippen molar-refractivity contribution in [3.05, 3.63) is 81.8 Å². The molecule has 3 N–H and O–H groups in total. The van der Waals surface area contributed by atoms with E-state index in [2.05, 4.69) is 37.1 Å². The van der Waals surface area contributed by atoms with Crippen molar-refractivity contribution >= 4 is 62.8 Å². The highest BCUT2D eigenvalue weighted by atomic mass is 79.9. The number of halogens is 2. The van der Waals surface area contributed by atoms with Crippen LogP contribution in [0.2, 0.25) is 5.02 Å². The molecule has 9 nitrogen and oxygen atoms in total. The summed E-state index contributed by atoms with van der Waals surface area (Å²) in [5.74, 6) is -1.48. The summed E-state index contributed by atoms with van der Waals surface area (Å²) in [6.07, 6.45) is 1.33. The molecule has 0 saturated heterocycles. The van der Waals surface area contributed by atoms with E-state index in [1.165, 1.54) is 19.4 Å². The van der Waals surface area contributed by atoms with E-state index < -0.39 is 11.8 Å². The van der Waals surface area contributed by atoms with Gasteiger partial charge in [0.2, 0.25) is 0 Å². The largest absolute Gasteiger partial charge is 0.493 e. The van der Waals surface area contributed by atoms with Gasteiger partial charge in [-0.15, -0.1) is 0 Å². The first-order valence-electron chi connectivity index (χ1n) is 10.1. The van der Waals surface area contributed by atoms with Crippen LogP contribution in [-0.4, -0.2) is 37.7 Å². The van der Waals surface area contributed by atoms with E-state index in [4.69, 9.17) is 21.1 Å². The van der Waals surface area contributed by atoms with E-state index in [9.17, 15) is 14.4 Å². The minimum atomic E-state index is -0.954. The molecule has 0 heterocycles. The van der Waals surface area contributed by atoms with Gasteiger partial charge in [0.1, 0.15) is 0 Å². The summed E-state index contributed by atoms with van der Waals surface area (Å²) >= 11 is 9.19. The summed E-state index contributed by atoms with van der Waals surface area (Å²) in [7, 11) is 1.45. The highest BCUT2D eigenvalue weighted by molar-refractivity contribution is 9.10. The first-order chi connectivity index (χ1) is 16.8. The van der Waals surface area contributed by atoms with Crippen LogP contribution in [0.3, 0.4) is 0 Å². The van der Waals surface area contributed by atoms with Crippen LogP contribution in [0, 0.1) is 0 Å². The van der Waals surface area contributed by atoms with Crippen LogP contribution < -0.4 is 25.5 Å². The van der Waals surface area contributed by atoms with Crippen molar-refractivity contribution in [1.29, 1.82) is 0 Å². The summed E-state index contributed by atoms with van der Waals surface area (Å²) in [5.41, 5.74) is 3.73. The Balaban J connectivity index is 1.52. The number of carbonyl (C=O) groups excluding carboxylic acids is 3. The minimum Gasteiger partial charge on any atom is -0.493 e. The van der Waals surface area contributed by atoms with E-state index in [1.54, 1.807) is 48.5 Å². The Kier molecular flexibility index (Phi) is 9.22. The zero-order valence-electron chi connectivity index (χ0n) is 18.4. The maximum absolute atomic E-state index is 12.1. The first kappa shape index (κ1) is 25.7. The van der Waals surface area contributed by atoms with Crippen LogP contribution in [0.1, 0.15) is 5.56 Å². The Morgan fingerprint density at radius 3 is 2.43 bits per heavy atom. The van der Waals surface area contributed by atoms with Crippen LogP contribution >= 0.6 is 27.5 Å². The van der Waals surface area contributed by atoms with Crippen molar-refractivity contribution < 1.29 is 23.9 Å². The van der Waals surface area contributed by atoms with Gasteiger partial charge in [-0.2, -0.15) is 5.10 Å². The molecular weight excluding hydrogens is 540 g/mol. The lowest BCUT2D eigenvalue weighted by atomic mass is 10.2. The standard InChI is InChI=1S/C24H20BrClN4O5/c1-34-21-11-15(13-27-30-24(33)23(32)29-19-4-2-3-17(26)12-19)5-10-20(21)35-14-22(31)28-18-8-6-16(25)7-9-18/h2-13H,14H2,1H3,(H,28,31)(H,29,32)(H,30,33)/b27-13-. The van der Waals surface area contributed by atoms with Crippen molar-refractivity contribution in [1.82, 2.24) is 5.43 Å². The maximum atomic E-state index is 12.1. The topological polar surface area (TPSA) is 118 Å². The number of hydrogen-bond donors (Lipinski definition) is 3. The third-order valence-electron chi connectivity index (χ3n) is 4.34. The van der Waals surface area contributed by atoms with Crippen molar-refractivity contribution in [3.8, 4) is 11.5 Å². The number of hydrogen-bond acceptors (Lipinski definition) is 6. The quantitative estimate of drug-likeness (QED) is 0.217. The lowest BCUT2D eigenvalue weighted by molar-refractivity contribution is -0.136. The molecule has 0 aliphatic heterocycles. The van der Waals surface area contributed by atoms with E-state index >= 15 is 0 Å². The summed E-state index contributed by atoms with van der Waals surface area (Å²) in [4.78, 5) is 36.0. The van der Waals surface area contributed by atoms with Crippen molar-refractivity contribution in [2.45, 2.75) is 0 Å². The summed E-state index contributed by atoms with van der Waals surface area (Å²) in [5, 5.41) is 9.35. The van der Waals surface area contributed by atoms with Crippen molar-refractivity contribution in [3.63, 3.8) is 0 Å². The number of ether oxygens (including phenoxy) is 2. The van der Waals surface area contributed by atoms with Crippen molar-refractivity contribution in [2.75, 3.05) is 24.4 Å². The molecule has 3 rings (SSSR count). The molecule has 180 valence electrons. The predicted octanol–water partition coefficient (Wildman–Crippen LogP) is 4.22. The molecule has 35 heavy (non-hydrogen) atoms. The molecule has 0 aliphatic carbocycles. The monoisotopic (exact) mass is 558 g/mol. The fourth-order valence-corrected chi connectivity index (χ4v) is 3.18. The molecule has 0 fully saturated rings.